The monoisotopic (exact) mass is 389 g/mol. The molecule has 0 fully saturated rings. The van der Waals surface area contributed by atoms with Gasteiger partial charge in [0.2, 0.25) is 0 Å². The molecule has 0 saturated heterocycles. The molecule has 0 aliphatic rings. The first-order valence-corrected chi connectivity index (χ1v) is 8.66. The van der Waals surface area contributed by atoms with Gasteiger partial charge in [-0.05, 0) is 24.3 Å². The van der Waals surface area contributed by atoms with Gasteiger partial charge in [0.25, 0.3) is 10.0 Å². The summed E-state index contributed by atoms with van der Waals surface area (Å²) < 4.78 is 72.0. The summed E-state index contributed by atoms with van der Waals surface area (Å²) in [5, 5.41) is 0. The lowest BCUT2D eigenvalue weighted by molar-refractivity contribution is -0.0511. The fourth-order valence-electron chi connectivity index (χ4n) is 2.13. The molecule has 0 amide bonds. The minimum atomic E-state index is -4.09. The van der Waals surface area contributed by atoms with Crippen LogP contribution in [0.3, 0.4) is 0 Å². The molecule has 0 saturated carbocycles. The molecule has 7 nitrogen and oxygen atoms in total. The molecule has 2 rings (SSSR count). The van der Waals surface area contributed by atoms with Crippen molar-refractivity contribution in [2.24, 2.45) is 0 Å². The highest BCUT2D eigenvalue weighted by molar-refractivity contribution is 7.92. The van der Waals surface area contributed by atoms with Crippen molar-refractivity contribution >= 4 is 15.7 Å². The van der Waals surface area contributed by atoms with Crippen LogP contribution in [0.2, 0.25) is 0 Å². The first-order chi connectivity index (χ1) is 12.3. The number of methoxy groups -OCH3 is 3. The Morgan fingerprint density at radius 1 is 0.885 bits per heavy atom. The zero-order valence-corrected chi connectivity index (χ0v) is 15.0. The van der Waals surface area contributed by atoms with Crippen molar-refractivity contribution in [3.63, 3.8) is 0 Å². The van der Waals surface area contributed by atoms with Crippen LogP contribution in [0, 0.1) is 0 Å². The predicted molar refractivity (Wildman–Crippen MR) is 90.0 cm³/mol. The highest BCUT2D eigenvalue weighted by Gasteiger charge is 2.22. The molecule has 2 aromatic carbocycles. The summed E-state index contributed by atoms with van der Waals surface area (Å²) in [6, 6.07) is 8.00. The van der Waals surface area contributed by atoms with Crippen molar-refractivity contribution < 1.29 is 36.1 Å². The third-order valence-electron chi connectivity index (χ3n) is 3.29. The summed E-state index contributed by atoms with van der Waals surface area (Å²) in [6.07, 6.45) is 0. The van der Waals surface area contributed by atoms with Gasteiger partial charge >= 0.3 is 6.61 Å². The fraction of sp³-hybridized carbons (Fsp3) is 0.250. The number of nitrogens with one attached hydrogen (secondary N) is 1. The van der Waals surface area contributed by atoms with E-state index in [4.69, 9.17) is 14.2 Å². The molecular weight excluding hydrogens is 372 g/mol. The summed E-state index contributed by atoms with van der Waals surface area (Å²) in [7, 11) is -0.102. The first-order valence-electron chi connectivity index (χ1n) is 7.18. The van der Waals surface area contributed by atoms with Crippen LogP contribution in [0.4, 0.5) is 14.5 Å². The Morgan fingerprint density at radius 2 is 1.54 bits per heavy atom. The summed E-state index contributed by atoms with van der Waals surface area (Å²) in [4.78, 5) is -0.175. The molecule has 2 aromatic rings. The maximum atomic E-state index is 12.7. The van der Waals surface area contributed by atoms with Gasteiger partial charge in [-0.2, -0.15) is 8.78 Å². The van der Waals surface area contributed by atoms with Crippen LogP contribution in [0.1, 0.15) is 0 Å². The number of anilines is 1. The van der Waals surface area contributed by atoms with Gasteiger partial charge in [-0.1, -0.05) is 0 Å². The van der Waals surface area contributed by atoms with Crippen LogP contribution in [-0.4, -0.2) is 36.4 Å². The number of hydrogen-bond donors (Lipinski definition) is 1. The third-order valence-corrected chi connectivity index (χ3v) is 4.69. The second-order valence-electron chi connectivity index (χ2n) is 4.87. The topological polar surface area (TPSA) is 83.1 Å². The Kier molecular flexibility index (Phi) is 6.09. The quantitative estimate of drug-likeness (QED) is 0.747. The molecule has 0 atom stereocenters. The van der Waals surface area contributed by atoms with Crippen LogP contribution in [-0.2, 0) is 10.0 Å². The highest BCUT2D eigenvalue weighted by atomic mass is 32.2. The van der Waals surface area contributed by atoms with E-state index in [2.05, 4.69) is 9.46 Å². The van der Waals surface area contributed by atoms with Gasteiger partial charge in [0.1, 0.15) is 16.4 Å². The van der Waals surface area contributed by atoms with Crippen LogP contribution in [0.15, 0.2) is 41.3 Å². The molecule has 10 heteroatoms. The van der Waals surface area contributed by atoms with Gasteiger partial charge in [-0.3, -0.25) is 4.72 Å². The van der Waals surface area contributed by atoms with Crippen LogP contribution >= 0.6 is 0 Å². The van der Waals surface area contributed by atoms with Crippen LogP contribution in [0.5, 0.6) is 23.0 Å². The molecule has 0 radical (unpaired) electrons. The molecule has 0 aliphatic carbocycles. The predicted octanol–water partition coefficient (Wildman–Crippen LogP) is 3.11. The molecule has 0 heterocycles. The van der Waals surface area contributed by atoms with Gasteiger partial charge in [0.15, 0.2) is 11.5 Å². The lowest BCUT2D eigenvalue weighted by Gasteiger charge is -2.15. The van der Waals surface area contributed by atoms with Crippen molar-refractivity contribution in [1.29, 1.82) is 0 Å². The Hall–Kier alpha value is -2.75. The number of sulfonamides is 1. The zero-order valence-electron chi connectivity index (χ0n) is 14.2. The maximum Gasteiger partial charge on any atom is 0.387 e. The van der Waals surface area contributed by atoms with Crippen molar-refractivity contribution in [2.45, 2.75) is 11.5 Å². The van der Waals surface area contributed by atoms with Crippen LogP contribution < -0.4 is 23.7 Å². The van der Waals surface area contributed by atoms with E-state index in [1.54, 1.807) is 6.07 Å². The molecule has 0 aliphatic heterocycles. The van der Waals surface area contributed by atoms with E-state index in [-0.39, 0.29) is 27.8 Å². The average Bonchev–Trinajstić information content (AvgIpc) is 2.60. The number of ether oxygens (including phenoxy) is 4. The third kappa shape index (κ3) is 4.45. The number of benzene rings is 2. The van der Waals surface area contributed by atoms with Gasteiger partial charge in [-0.15, -0.1) is 0 Å². The molecule has 0 spiro atoms. The van der Waals surface area contributed by atoms with Crippen LogP contribution in [0.25, 0.3) is 0 Å². The van der Waals surface area contributed by atoms with Gasteiger partial charge in [0.05, 0.1) is 27.0 Å². The Bertz CT molecular complexity index is 873. The zero-order chi connectivity index (χ0) is 19.3. The average molecular weight is 389 g/mol. The van der Waals surface area contributed by atoms with Gasteiger partial charge in [0, 0.05) is 12.1 Å². The molecule has 0 aromatic heterocycles. The molecule has 0 bridgehead atoms. The first kappa shape index (κ1) is 19.6. The molecule has 0 unspecified atom stereocenters. The van der Waals surface area contributed by atoms with E-state index < -0.39 is 16.6 Å². The number of hydrogen-bond acceptors (Lipinski definition) is 6. The summed E-state index contributed by atoms with van der Waals surface area (Å²) in [5.74, 6) is 0.131. The van der Waals surface area contributed by atoms with Gasteiger partial charge < -0.3 is 18.9 Å². The maximum absolute atomic E-state index is 12.7. The van der Waals surface area contributed by atoms with Crippen molar-refractivity contribution in [3.8, 4) is 23.0 Å². The summed E-state index contributed by atoms with van der Waals surface area (Å²) in [6.45, 7) is -3.09. The smallest absolute Gasteiger partial charge is 0.387 e. The molecule has 1 N–H and O–H groups in total. The lowest BCUT2D eigenvalue weighted by Crippen LogP contribution is -2.14. The van der Waals surface area contributed by atoms with E-state index in [9.17, 15) is 17.2 Å². The fourth-order valence-corrected chi connectivity index (χ4v) is 3.37. The number of alkyl halides is 2. The normalized spacial score (nSPS) is 11.2. The second-order valence-corrected chi connectivity index (χ2v) is 6.52. The van der Waals surface area contributed by atoms with E-state index in [0.29, 0.717) is 5.75 Å². The van der Waals surface area contributed by atoms with E-state index >= 15 is 0 Å². The van der Waals surface area contributed by atoms with Crippen molar-refractivity contribution in [1.82, 2.24) is 0 Å². The van der Waals surface area contributed by atoms with E-state index in [1.165, 1.54) is 45.6 Å². The molecule has 26 heavy (non-hydrogen) atoms. The molecular formula is C16H17F2NO6S. The Labute approximate surface area is 149 Å². The van der Waals surface area contributed by atoms with Gasteiger partial charge in [-0.25, -0.2) is 8.42 Å². The van der Waals surface area contributed by atoms with E-state index in [0.717, 1.165) is 6.07 Å². The largest absolute Gasteiger partial charge is 0.497 e. The summed E-state index contributed by atoms with van der Waals surface area (Å²) >= 11 is 0. The van der Waals surface area contributed by atoms with Crippen molar-refractivity contribution in [3.05, 3.63) is 36.4 Å². The molecule has 142 valence electrons. The number of halogens is 2. The minimum absolute atomic E-state index is 0.00585. The SMILES string of the molecule is COc1ccc(OC)c(S(=O)(=O)Nc2ccc(OC)c(OC(F)F)c2)c1. The van der Waals surface area contributed by atoms with E-state index in [1.807, 2.05) is 0 Å². The Morgan fingerprint density at radius 3 is 2.12 bits per heavy atom. The standard InChI is InChI=1S/C16H17F2NO6S/c1-22-11-5-7-13(24-3)15(9-11)26(20,21)19-10-4-6-12(23-2)14(8-10)25-16(17)18/h4-9,16,19H,1-3H3. The minimum Gasteiger partial charge on any atom is -0.497 e. The lowest BCUT2D eigenvalue weighted by atomic mass is 10.3. The highest BCUT2D eigenvalue weighted by Crippen LogP contribution is 2.34. The summed E-state index contributed by atoms with van der Waals surface area (Å²) in [5.41, 5.74) is 0.00585. The Balaban J connectivity index is 2.41. The second kappa shape index (κ2) is 8.09. The van der Waals surface area contributed by atoms with Crippen molar-refractivity contribution in [2.75, 3.05) is 26.1 Å². The number of rotatable bonds is 8.